The molecule has 20 heavy (non-hydrogen) atoms. The fourth-order valence-corrected chi connectivity index (χ4v) is 3.14. The Balaban J connectivity index is 2.35. The molecule has 2 rings (SSSR count). The van der Waals surface area contributed by atoms with Crippen molar-refractivity contribution in [3.05, 3.63) is 52.3 Å². The van der Waals surface area contributed by atoms with Gasteiger partial charge in [0.15, 0.2) is 0 Å². The highest BCUT2D eigenvalue weighted by Gasteiger charge is 2.10. The van der Waals surface area contributed by atoms with Gasteiger partial charge in [0.25, 0.3) is 0 Å². The van der Waals surface area contributed by atoms with Crippen LogP contribution in [0.2, 0.25) is 0 Å². The molecule has 2 aromatic rings. The lowest BCUT2D eigenvalue weighted by Gasteiger charge is -2.13. The Kier molecular flexibility index (Phi) is 5.46. The van der Waals surface area contributed by atoms with Crippen molar-refractivity contribution in [2.75, 3.05) is 5.75 Å². The van der Waals surface area contributed by atoms with E-state index in [2.05, 4.69) is 22.9 Å². The van der Waals surface area contributed by atoms with Gasteiger partial charge >= 0.3 is 0 Å². The van der Waals surface area contributed by atoms with Gasteiger partial charge in [-0.2, -0.15) is 0 Å². The third kappa shape index (κ3) is 3.75. The summed E-state index contributed by atoms with van der Waals surface area (Å²) < 4.78 is 19.8. The first-order chi connectivity index (χ1) is 9.63. The fourth-order valence-electron chi connectivity index (χ4n) is 1.85. The average molecular weight is 356 g/mol. The lowest BCUT2D eigenvalue weighted by molar-refractivity contribution is 0.468. The Bertz CT molecular complexity index is 586. The lowest BCUT2D eigenvalue weighted by atomic mass is 10.2. The summed E-state index contributed by atoms with van der Waals surface area (Å²) in [5.74, 6) is 1.73. The van der Waals surface area contributed by atoms with Crippen LogP contribution in [0.5, 0.6) is 11.5 Å². The van der Waals surface area contributed by atoms with Gasteiger partial charge in [0.1, 0.15) is 17.3 Å². The third-order valence-corrected chi connectivity index (χ3v) is 4.10. The number of halogens is 2. The summed E-state index contributed by atoms with van der Waals surface area (Å²) >= 11 is 4.97. The van der Waals surface area contributed by atoms with Crippen LogP contribution in [0.25, 0.3) is 0 Å². The van der Waals surface area contributed by atoms with Crippen molar-refractivity contribution in [2.45, 2.75) is 18.4 Å². The predicted octanol–water partition coefficient (Wildman–Crippen LogP) is 4.95. The predicted molar refractivity (Wildman–Crippen MR) is 84.9 cm³/mol. The van der Waals surface area contributed by atoms with Crippen LogP contribution >= 0.6 is 27.7 Å². The van der Waals surface area contributed by atoms with Crippen LogP contribution in [0, 0.1) is 5.82 Å². The summed E-state index contributed by atoms with van der Waals surface area (Å²) in [5.41, 5.74) is 6.76. The van der Waals surface area contributed by atoms with E-state index in [4.69, 9.17) is 10.5 Å². The molecule has 0 radical (unpaired) electrons. The Morgan fingerprint density at radius 2 is 2.10 bits per heavy atom. The van der Waals surface area contributed by atoms with Crippen molar-refractivity contribution in [1.82, 2.24) is 0 Å². The SMILES string of the molecule is CCSc1cccc(Oc2cc(F)cc(Br)c2)c1CN. The minimum Gasteiger partial charge on any atom is -0.457 e. The molecule has 0 aliphatic carbocycles. The van der Waals surface area contributed by atoms with Crippen LogP contribution < -0.4 is 10.5 Å². The molecule has 2 N–H and O–H groups in total. The van der Waals surface area contributed by atoms with Crippen LogP contribution in [0.4, 0.5) is 4.39 Å². The second kappa shape index (κ2) is 7.11. The van der Waals surface area contributed by atoms with Gasteiger partial charge in [0.05, 0.1) is 0 Å². The van der Waals surface area contributed by atoms with Crippen molar-refractivity contribution in [2.24, 2.45) is 5.73 Å². The first-order valence-corrected chi connectivity index (χ1v) is 8.00. The van der Waals surface area contributed by atoms with Crippen molar-refractivity contribution in [1.29, 1.82) is 0 Å². The molecule has 0 spiro atoms. The molecule has 2 aromatic carbocycles. The van der Waals surface area contributed by atoms with Gasteiger partial charge < -0.3 is 10.5 Å². The van der Waals surface area contributed by atoms with Crippen LogP contribution in [-0.2, 0) is 6.54 Å². The quantitative estimate of drug-likeness (QED) is 0.770. The number of thioether (sulfide) groups is 1. The average Bonchev–Trinajstić information content (AvgIpc) is 2.38. The number of nitrogens with two attached hydrogens (primary N) is 1. The van der Waals surface area contributed by atoms with Gasteiger partial charge in [0.2, 0.25) is 0 Å². The number of hydrogen-bond donors (Lipinski definition) is 1. The molecule has 5 heteroatoms. The Morgan fingerprint density at radius 3 is 2.75 bits per heavy atom. The van der Waals surface area contributed by atoms with Crippen molar-refractivity contribution < 1.29 is 9.13 Å². The van der Waals surface area contributed by atoms with E-state index >= 15 is 0 Å². The maximum Gasteiger partial charge on any atom is 0.133 e. The summed E-state index contributed by atoms with van der Waals surface area (Å²) in [7, 11) is 0. The second-order valence-corrected chi connectivity index (χ2v) is 6.30. The van der Waals surface area contributed by atoms with Gasteiger partial charge in [-0.05, 0) is 30.0 Å². The lowest BCUT2D eigenvalue weighted by Crippen LogP contribution is -2.01. The van der Waals surface area contributed by atoms with E-state index in [0.717, 1.165) is 16.2 Å². The largest absolute Gasteiger partial charge is 0.457 e. The maximum absolute atomic E-state index is 13.4. The summed E-state index contributed by atoms with van der Waals surface area (Å²) in [5, 5.41) is 0. The molecule has 0 amide bonds. The highest BCUT2D eigenvalue weighted by atomic mass is 79.9. The maximum atomic E-state index is 13.4. The summed E-state index contributed by atoms with van der Waals surface area (Å²) in [6, 6.07) is 10.3. The molecule has 2 nitrogen and oxygen atoms in total. The van der Waals surface area contributed by atoms with E-state index in [1.165, 1.54) is 12.1 Å². The molecule has 0 unspecified atom stereocenters. The Morgan fingerprint density at radius 1 is 1.30 bits per heavy atom. The van der Waals surface area contributed by atoms with E-state index < -0.39 is 0 Å². The molecule has 0 aromatic heterocycles. The Labute approximate surface area is 130 Å². The van der Waals surface area contributed by atoms with Gasteiger partial charge in [-0.3, -0.25) is 0 Å². The van der Waals surface area contributed by atoms with Gasteiger partial charge in [0, 0.05) is 27.5 Å². The molecule has 0 aliphatic rings. The van der Waals surface area contributed by atoms with Crippen molar-refractivity contribution >= 4 is 27.7 Å². The zero-order valence-electron chi connectivity index (χ0n) is 11.0. The van der Waals surface area contributed by atoms with E-state index in [1.807, 2.05) is 18.2 Å². The minimum atomic E-state index is -0.345. The first kappa shape index (κ1) is 15.4. The van der Waals surface area contributed by atoms with Crippen LogP contribution in [0.3, 0.4) is 0 Å². The topological polar surface area (TPSA) is 35.2 Å². The molecular weight excluding hydrogens is 341 g/mol. The molecular formula is C15H15BrFNOS. The van der Waals surface area contributed by atoms with E-state index in [-0.39, 0.29) is 5.82 Å². The monoisotopic (exact) mass is 355 g/mol. The van der Waals surface area contributed by atoms with Crippen LogP contribution in [0.15, 0.2) is 45.8 Å². The first-order valence-electron chi connectivity index (χ1n) is 6.22. The van der Waals surface area contributed by atoms with Gasteiger partial charge in [-0.1, -0.05) is 28.9 Å². The number of hydrogen-bond acceptors (Lipinski definition) is 3. The summed E-state index contributed by atoms with van der Waals surface area (Å²) in [4.78, 5) is 1.10. The smallest absolute Gasteiger partial charge is 0.133 e. The molecule has 0 aliphatic heterocycles. The summed E-state index contributed by atoms with van der Waals surface area (Å²) in [6.45, 7) is 2.47. The third-order valence-electron chi connectivity index (χ3n) is 2.66. The zero-order chi connectivity index (χ0) is 14.5. The molecule has 0 atom stereocenters. The molecule has 0 saturated heterocycles. The normalized spacial score (nSPS) is 10.6. The fraction of sp³-hybridized carbons (Fsp3) is 0.200. The van der Waals surface area contributed by atoms with E-state index in [1.54, 1.807) is 17.8 Å². The van der Waals surface area contributed by atoms with Crippen molar-refractivity contribution in [3.8, 4) is 11.5 Å². The van der Waals surface area contributed by atoms with E-state index in [0.29, 0.717) is 22.5 Å². The van der Waals surface area contributed by atoms with Crippen molar-refractivity contribution in [3.63, 3.8) is 0 Å². The zero-order valence-corrected chi connectivity index (χ0v) is 13.4. The van der Waals surface area contributed by atoms with Crippen LogP contribution in [-0.4, -0.2) is 5.75 Å². The van der Waals surface area contributed by atoms with E-state index in [9.17, 15) is 4.39 Å². The molecule has 0 bridgehead atoms. The number of ether oxygens (including phenoxy) is 1. The number of rotatable bonds is 5. The highest BCUT2D eigenvalue weighted by molar-refractivity contribution is 9.10. The Hall–Kier alpha value is -1.04. The van der Waals surface area contributed by atoms with Crippen LogP contribution in [0.1, 0.15) is 12.5 Å². The molecule has 0 heterocycles. The standard InChI is InChI=1S/C15H15BrFNOS/c1-2-20-15-5-3-4-14(13(15)9-18)19-12-7-10(16)6-11(17)8-12/h3-8H,2,9,18H2,1H3. The second-order valence-electron chi connectivity index (χ2n) is 4.08. The molecule has 0 fully saturated rings. The highest BCUT2D eigenvalue weighted by Crippen LogP contribution is 2.33. The van der Waals surface area contributed by atoms with Gasteiger partial charge in [-0.15, -0.1) is 11.8 Å². The van der Waals surface area contributed by atoms with Gasteiger partial charge in [-0.25, -0.2) is 4.39 Å². The number of benzene rings is 2. The summed E-state index contributed by atoms with van der Waals surface area (Å²) in [6.07, 6.45) is 0. The minimum absolute atomic E-state index is 0.345. The molecule has 0 saturated carbocycles. The molecule has 106 valence electrons.